The topological polar surface area (TPSA) is 30.7 Å². The molecule has 1 aromatic heterocycles. The van der Waals surface area contributed by atoms with Gasteiger partial charge in [0.1, 0.15) is 5.69 Å². The van der Waals surface area contributed by atoms with Crippen LogP contribution in [0.4, 0.5) is 0 Å². The number of unbranched alkanes of at least 4 members (excludes halogenated alkanes) is 7. The number of benzene rings is 1. The van der Waals surface area contributed by atoms with Crippen molar-refractivity contribution in [1.29, 1.82) is 0 Å². The minimum atomic E-state index is 0.968. The van der Waals surface area contributed by atoms with Gasteiger partial charge in [-0.15, -0.1) is 5.10 Å². The number of hydrogen-bond acceptors (Lipinski definition) is 2. The Hall–Kier alpha value is -1.64. The predicted molar refractivity (Wildman–Crippen MR) is 88.1 cm³/mol. The first-order chi connectivity index (χ1) is 10.4. The van der Waals surface area contributed by atoms with Gasteiger partial charge in [-0.3, -0.25) is 4.68 Å². The highest BCUT2D eigenvalue weighted by Gasteiger charge is 2.02. The van der Waals surface area contributed by atoms with Gasteiger partial charge in [-0.05, 0) is 6.42 Å². The molecular formula is C18H27N3. The molecule has 0 amide bonds. The normalized spacial score (nSPS) is 10.9. The second-order valence-electron chi connectivity index (χ2n) is 5.71. The lowest BCUT2D eigenvalue weighted by atomic mass is 10.1. The molecule has 1 heterocycles. The van der Waals surface area contributed by atoms with Crippen molar-refractivity contribution in [2.75, 3.05) is 0 Å². The maximum atomic E-state index is 4.25. The zero-order valence-electron chi connectivity index (χ0n) is 13.2. The summed E-state index contributed by atoms with van der Waals surface area (Å²) in [5.41, 5.74) is 2.11. The lowest BCUT2D eigenvalue weighted by Gasteiger charge is -2.01. The largest absolute Gasteiger partial charge is 0.252 e. The molecule has 0 bridgehead atoms. The van der Waals surface area contributed by atoms with Gasteiger partial charge in [-0.2, -0.15) is 0 Å². The van der Waals surface area contributed by atoms with Gasteiger partial charge in [0.15, 0.2) is 0 Å². The summed E-state index contributed by atoms with van der Waals surface area (Å²) in [4.78, 5) is 0. The third kappa shape index (κ3) is 5.70. The molecule has 114 valence electrons. The van der Waals surface area contributed by atoms with E-state index in [1.807, 2.05) is 22.9 Å². The van der Waals surface area contributed by atoms with E-state index in [2.05, 4.69) is 35.6 Å². The second-order valence-corrected chi connectivity index (χ2v) is 5.71. The van der Waals surface area contributed by atoms with Crippen molar-refractivity contribution in [3.8, 4) is 11.3 Å². The summed E-state index contributed by atoms with van der Waals surface area (Å²) in [6.45, 7) is 3.25. The highest BCUT2D eigenvalue weighted by Crippen LogP contribution is 2.15. The van der Waals surface area contributed by atoms with Gasteiger partial charge in [-0.1, -0.05) is 87.4 Å². The average molecular weight is 285 g/mol. The van der Waals surface area contributed by atoms with Gasteiger partial charge in [0.05, 0.1) is 6.20 Å². The minimum Gasteiger partial charge on any atom is -0.252 e. The van der Waals surface area contributed by atoms with Crippen LogP contribution < -0.4 is 0 Å². The van der Waals surface area contributed by atoms with E-state index in [-0.39, 0.29) is 0 Å². The van der Waals surface area contributed by atoms with E-state index < -0.39 is 0 Å². The minimum absolute atomic E-state index is 0.968. The fourth-order valence-corrected chi connectivity index (χ4v) is 2.56. The molecule has 0 atom stereocenters. The summed E-state index contributed by atoms with van der Waals surface area (Å²) < 4.78 is 1.97. The van der Waals surface area contributed by atoms with E-state index in [0.717, 1.165) is 17.8 Å². The van der Waals surface area contributed by atoms with E-state index in [4.69, 9.17) is 0 Å². The standard InChI is InChI=1S/C18H27N3/c1-2-3-4-5-6-7-8-12-15-21-16-18(19-20-21)17-13-10-9-11-14-17/h9-11,13-14,16H,2-8,12,15H2,1H3. The van der Waals surface area contributed by atoms with Gasteiger partial charge in [0, 0.05) is 12.1 Å². The molecule has 0 N–H and O–H groups in total. The number of hydrogen-bond donors (Lipinski definition) is 0. The molecule has 2 rings (SSSR count). The molecule has 0 fully saturated rings. The molecule has 21 heavy (non-hydrogen) atoms. The molecule has 0 spiro atoms. The van der Waals surface area contributed by atoms with Crippen LogP contribution in [0.3, 0.4) is 0 Å². The van der Waals surface area contributed by atoms with Crippen molar-refractivity contribution >= 4 is 0 Å². The molecule has 0 aliphatic heterocycles. The van der Waals surface area contributed by atoms with Gasteiger partial charge in [-0.25, -0.2) is 0 Å². The van der Waals surface area contributed by atoms with Crippen molar-refractivity contribution in [3.63, 3.8) is 0 Å². The predicted octanol–water partition coefficient (Wildman–Crippen LogP) is 5.09. The smallest absolute Gasteiger partial charge is 0.113 e. The molecule has 0 saturated carbocycles. The zero-order valence-corrected chi connectivity index (χ0v) is 13.2. The van der Waals surface area contributed by atoms with Crippen molar-refractivity contribution < 1.29 is 0 Å². The van der Waals surface area contributed by atoms with Crippen LogP contribution in [0, 0.1) is 0 Å². The zero-order chi connectivity index (χ0) is 14.8. The Labute approximate surface area is 128 Å². The Morgan fingerprint density at radius 3 is 2.24 bits per heavy atom. The SMILES string of the molecule is CCCCCCCCCCn1cc(-c2ccccc2)nn1. The summed E-state index contributed by atoms with van der Waals surface area (Å²) in [5.74, 6) is 0. The maximum Gasteiger partial charge on any atom is 0.113 e. The summed E-state index contributed by atoms with van der Waals surface area (Å²) in [5, 5.41) is 8.47. The lowest BCUT2D eigenvalue weighted by Crippen LogP contribution is -1.98. The third-order valence-corrected chi connectivity index (χ3v) is 3.85. The number of aryl methyl sites for hydroxylation is 1. The van der Waals surface area contributed by atoms with E-state index in [1.165, 1.54) is 51.4 Å². The summed E-state index contributed by atoms with van der Waals surface area (Å²) >= 11 is 0. The Balaban J connectivity index is 1.63. The molecule has 0 saturated heterocycles. The van der Waals surface area contributed by atoms with Crippen LogP contribution in [0.25, 0.3) is 11.3 Å². The quantitative estimate of drug-likeness (QED) is 0.569. The summed E-state index contributed by atoms with van der Waals surface area (Å²) in [6, 6.07) is 10.2. The molecule has 0 aliphatic rings. The van der Waals surface area contributed by atoms with Crippen LogP contribution >= 0.6 is 0 Å². The van der Waals surface area contributed by atoms with E-state index >= 15 is 0 Å². The highest BCUT2D eigenvalue weighted by molar-refractivity contribution is 5.56. The highest BCUT2D eigenvalue weighted by atomic mass is 15.4. The Bertz CT molecular complexity index is 490. The summed E-state index contributed by atoms with van der Waals surface area (Å²) in [6.07, 6.45) is 12.8. The molecule has 3 heteroatoms. The van der Waals surface area contributed by atoms with Crippen LogP contribution in [-0.4, -0.2) is 15.0 Å². The van der Waals surface area contributed by atoms with Crippen molar-refractivity contribution in [2.24, 2.45) is 0 Å². The molecule has 3 nitrogen and oxygen atoms in total. The molecule has 1 aromatic carbocycles. The first-order valence-corrected chi connectivity index (χ1v) is 8.35. The Morgan fingerprint density at radius 2 is 1.52 bits per heavy atom. The molecular weight excluding hydrogens is 258 g/mol. The third-order valence-electron chi connectivity index (χ3n) is 3.85. The number of nitrogens with zero attached hydrogens (tertiary/aromatic N) is 3. The molecule has 0 unspecified atom stereocenters. The molecule has 2 aromatic rings. The number of rotatable bonds is 10. The second kappa shape index (κ2) is 9.32. The van der Waals surface area contributed by atoms with Gasteiger partial charge < -0.3 is 0 Å². The molecule has 0 radical (unpaired) electrons. The van der Waals surface area contributed by atoms with E-state index in [9.17, 15) is 0 Å². The monoisotopic (exact) mass is 285 g/mol. The van der Waals surface area contributed by atoms with Crippen LogP contribution in [0.5, 0.6) is 0 Å². The van der Waals surface area contributed by atoms with Crippen molar-refractivity contribution in [3.05, 3.63) is 36.5 Å². The first kappa shape index (κ1) is 15.7. The first-order valence-electron chi connectivity index (χ1n) is 8.35. The Kier molecular flexibility index (Phi) is 6.99. The fraction of sp³-hybridized carbons (Fsp3) is 0.556. The van der Waals surface area contributed by atoms with E-state index in [1.54, 1.807) is 0 Å². The number of aromatic nitrogens is 3. The average Bonchev–Trinajstić information content (AvgIpc) is 3.00. The van der Waals surface area contributed by atoms with Crippen LogP contribution in [0.2, 0.25) is 0 Å². The Morgan fingerprint density at radius 1 is 0.857 bits per heavy atom. The maximum absolute atomic E-state index is 4.25. The fourth-order valence-electron chi connectivity index (χ4n) is 2.56. The van der Waals surface area contributed by atoms with Crippen molar-refractivity contribution in [1.82, 2.24) is 15.0 Å². The van der Waals surface area contributed by atoms with Gasteiger partial charge in [0.25, 0.3) is 0 Å². The summed E-state index contributed by atoms with van der Waals surface area (Å²) in [7, 11) is 0. The van der Waals surface area contributed by atoms with Crippen LogP contribution in [0.1, 0.15) is 58.3 Å². The van der Waals surface area contributed by atoms with Gasteiger partial charge >= 0.3 is 0 Å². The van der Waals surface area contributed by atoms with Crippen LogP contribution in [-0.2, 0) is 6.54 Å². The van der Waals surface area contributed by atoms with Crippen molar-refractivity contribution in [2.45, 2.75) is 64.8 Å². The molecule has 0 aliphatic carbocycles. The van der Waals surface area contributed by atoms with Crippen LogP contribution in [0.15, 0.2) is 36.5 Å². The van der Waals surface area contributed by atoms with Gasteiger partial charge in [0.2, 0.25) is 0 Å². The van der Waals surface area contributed by atoms with E-state index in [0.29, 0.717) is 0 Å². The lowest BCUT2D eigenvalue weighted by molar-refractivity contribution is 0.511.